The zero-order valence-corrected chi connectivity index (χ0v) is 22.1. The first-order chi connectivity index (χ1) is 19.4. The molecule has 6 rings (SSSR count). The molecule has 1 heterocycles. The monoisotopic (exact) mass is 583 g/mol. The zero-order valence-electron chi connectivity index (χ0n) is 21.4. The Bertz CT molecular complexity index is 1640. The maximum atomic E-state index is 13.9. The molecule has 2 aromatic carbocycles. The first-order valence-electron chi connectivity index (χ1n) is 12.8. The second-order valence-corrected chi connectivity index (χ2v) is 10.9. The average molecular weight is 584 g/mol. The van der Waals surface area contributed by atoms with Gasteiger partial charge in [-0.05, 0) is 74.2 Å². The van der Waals surface area contributed by atoms with Crippen molar-refractivity contribution in [2.75, 3.05) is 4.90 Å². The SMILES string of the molecule is CC1=CC(=O)C2=C(C[C@@H]3C(=CC[C@@H]4C(=O)N(c5ccc(Cl)cc5)C(=O)[C@@H]43)[C@@H]2c2cc(OC(F)(F)F)ccc2O)C1=O. The highest BCUT2D eigenvalue weighted by atomic mass is 35.5. The summed E-state index contributed by atoms with van der Waals surface area (Å²) in [6, 6.07) is 9.15. The van der Waals surface area contributed by atoms with E-state index in [0.717, 1.165) is 23.1 Å². The van der Waals surface area contributed by atoms with Crippen LogP contribution < -0.4 is 9.64 Å². The molecule has 0 bridgehead atoms. The summed E-state index contributed by atoms with van der Waals surface area (Å²) < 4.78 is 43.2. The van der Waals surface area contributed by atoms with Crippen LogP contribution in [-0.2, 0) is 19.2 Å². The number of anilines is 1. The average Bonchev–Trinajstić information content (AvgIpc) is 3.17. The molecule has 1 N–H and O–H groups in total. The van der Waals surface area contributed by atoms with Crippen molar-refractivity contribution in [2.24, 2.45) is 17.8 Å². The fraction of sp³-hybridized carbons (Fsp3) is 0.267. The maximum Gasteiger partial charge on any atom is 0.573 e. The molecule has 0 radical (unpaired) electrons. The van der Waals surface area contributed by atoms with E-state index < -0.39 is 64.9 Å². The summed E-state index contributed by atoms with van der Waals surface area (Å²) in [6.07, 6.45) is -2.03. The van der Waals surface area contributed by atoms with Crippen LogP contribution in [0.1, 0.15) is 31.2 Å². The molecule has 0 aromatic heterocycles. The first-order valence-corrected chi connectivity index (χ1v) is 13.2. The van der Waals surface area contributed by atoms with Crippen LogP contribution in [0.2, 0.25) is 5.02 Å². The predicted molar refractivity (Wildman–Crippen MR) is 140 cm³/mol. The van der Waals surface area contributed by atoms with Crippen molar-refractivity contribution < 1.29 is 42.2 Å². The number of ketones is 2. The second kappa shape index (κ2) is 9.44. The van der Waals surface area contributed by atoms with Crippen molar-refractivity contribution in [3.8, 4) is 11.5 Å². The summed E-state index contributed by atoms with van der Waals surface area (Å²) in [6.45, 7) is 1.48. The molecule has 4 atom stereocenters. The maximum absolute atomic E-state index is 13.9. The molecule has 1 saturated heterocycles. The summed E-state index contributed by atoms with van der Waals surface area (Å²) in [5.41, 5.74) is 1.08. The molecule has 41 heavy (non-hydrogen) atoms. The Morgan fingerprint density at radius 1 is 1.00 bits per heavy atom. The topological polar surface area (TPSA) is 101 Å². The Balaban J connectivity index is 1.49. The van der Waals surface area contributed by atoms with Gasteiger partial charge in [0, 0.05) is 33.2 Å². The van der Waals surface area contributed by atoms with Crippen LogP contribution in [0.25, 0.3) is 0 Å². The highest BCUT2D eigenvalue weighted by Gasteiger charge is 2.56. The van der Waals surface area contributed by atoms with E-state index in [9.17, 15) is 37.5 Å². The number of hydrogen-bond donors (Lipinski definition) is 1. The van der Waals surface area contributed by atoms with E-state index in [1.807, 2.05) is 0 Å². The smallest absolute Gasteiger partial charge is 0.508 e. The van der Waals surface area contributed by atoms with E-state index in [1.165, 1.54) is 13.0 Å². The minimum absolute atomic E-state index is 0.0123. The molecule has 4 aliphatic rings. The van der Waals surface area contributed by atoms with Gasteiger partial charge >= 0.3 is 6.36 Å². The minimum atomic E-state index is -5.01. The lowest BCUT2D eigenvalue weighted by Crippen LogP contribution is -2.39. The summed E-state index contributed by atoms with van der Waals surface area (Å²) in [5.74, 6) is -6.36. The summed E-state index contributed by atoms with van der Waals surface area (Å²) >= 11 is 5.98. The van der Waals surface area contributed by atoms with Crippen LogP contribution in [0.5, 0.6) is 11.5 Å². The Morgan fingerprint density at radius 2 is 1.71 bits per heavy atom. The number of fused-ring (bicyclic) bond motifs is 3. The number of phenols is 1. The molecule has 2 amide bonds. The van der Waals surface area contributed by atoms with Gasteiger partial charge in [0.05, 0.1) is 17.5 Å². The quantitative estimate of drug-likeness (QED) is 0.288. The van der Waals surface area contributed by atoms with E-state index >= 15 is 0 Å². The van der Waals surface area contributed by atoms with Crippen molar-refractivity contribution in [3.63, 3.8) is 0 Å². The number of carbonyl (C=O) groups excluding carboxylic acids is 4. The van der Waals surface area contributed by atoms with Gasteiger partial charge in [0.1, 0.15) is 11.5 Å². The van der Waals surface area contributed by atoms with E-state index in [4.69, 9.17) is 11.6 Å². The largest absolute Gasteiger partial charge is 0.573 e. The van der Waals surface area contributed by atoms with E-state index in [-0.39, 0.29) is 35.1 Å². The minimum Gasteiger partial charge on any atom is -0.508 e. The Hall–Kier alpha value is -4.18. The number of alkyl halides is 3. The van der Waals surface area contributed by atoms with Crippen LogP contribution in [0.15, 0.2) is 76.9 Å². The van der Waals surface area contributed by atoms with Gasteiger partial charge in [-0.25, -0.2) is 0 Å². The number of imide groups is 1. The number of phenolic OH excluding ortho intramolecular Hbond substituents is 1. The number of hydrogen-bond acceptors (Lipinski definition) is 6. The van der Waals surface area contributed by atoms with Crippen LogP contribution in [0.3, 0.4) is 0 Å². The van der Waals surface area contributed by atoms with Crippen LogP contribution in [-0.4, -0.2) is 34.8 Å². The summed E-state index contributed by atoms with van der Waals surface area (Å²) in [7, 11) is 0. The van der Waals surface area contributed by atoms with E-state index in [2.05, 4.69) is 4.74 Å². The van der Waals surface area contributed by atoms with Crippen molar-refractivity contribution in [1.29, 1.82) is 0 Å². The number of allylic oxidation sites excluding steroid dienone is 6. The first kappa shape index (κ1) is 27.0. The van der Waals surface area contributed by atoms with Gasteiger partial charge in [-0.2, -0.15) is 0 Å². The normalized spacial score (nSPS) is 25.9. The molecule has 0 spiro atoms. The Labute approximate surface area is 236 Å². The number of nitrogens with zero attached hydrogens (tertiary/aromatic N) is 1. The molecule has 0 saturated carbocycles. The third-order valence-corrected chi connectivity index (χ3v) is 8.44. The Kier molecular flexibility index (Phi) is 6.22. The zero-order chi connectivity index (χ0) is 29.4. The number of rotatable bonds is 3. The number of halogens is 4. The number of ether oxygens (including phenoxy) is 1. The standard InChI is InChI=1S/C30H21ClF3NO6/c1-13-10-23(37)26-21(27(13)38)12-19-17(24(26)20-11-16(6-9-22(20)36)41-30(32,33)34)7-8-18-25(19)29(40)35(28(18)39)15-4-2-14(31)3-5-15/h2-7,9-11,18-19,24-25,36H,8,12H2,1H3/t18-,19+,24+,25-/m0/s1. The van der Waals surface area contributed by atoms with Crippen LogP contribution >= 0.6 is 11.6 Å². The van der Waals surface area contributed by atoms with Crippen LogP contribution in [0, 0.1) is 17.8 Å². The Morgan fingerprint density at radius 3 is 2.39 bits per heavy atom. The van der Waals surface area contributed by atoms with Crippen molar-refractivity contribution in [1.82, 2.24) is 0 Å². The van der Waals surface area contributed by atoms with Gasteiger partial charge in [-0.15, -0.1) is 13.2 Å². The summed E-state index contributed by atoms with van der Waals surface area (Å²) in [5, 5.41) is 11.2. The third-order valence-electron chi connectivity index (χ3n) is 8.19. The fourth-order valence-electron chi connectivity index (χ4n) is 6.54. The van der Waals surface area contributed by atoms with Gasteiger partial charge in [0.2, 0.25) is 11.8 Å². The van der Waals surface area contributed by atoms with E-state index in [1.54, 1.807) is 30.3 Å². The van der Waals surface area contributed by atoms with Crippen LogP contribution in [0.4, 0.5) is 18.9 Å². The highest BCUT2D eigenvalue weighted by Crippen LogP contribution is 2.56. The highest BCUT2D eigenvalue weighted by molar-refractivity contribution is 6.31. The lowest BCUT2D eigenvalue weighted by atomic mass is 9.59. The number of amides is 2. The lowest BCUT2D eigenvalue weighted by Gasteiger charge is -2.42. The lowest BCUT2D eigenvalue weighted by molar-refractivity contribution is -0.274. The van der Waals surface area contributed by atoms with Crippen molar-refractivity contribution in [2.45, 2.75) is 32.0 Å². The molecule has 2 aromatic rings. The second-order valence-electron chi connectivity index (χ2n) is 10.5. The number of aromatic hydroxyl groups is 1. The van der Waals surface area contributed by atoms with Crippen molar-refractivity contribution >= 4 is 40.7 Å². The summed E-state index contributed by atoms with van der Waals surface area (Å²) in [4.78, 5) is 55.1. The van der Waals surface area contributed by atoms with Gasteiger partial charge in [-0.1, -0.05) is 23.3 Å². The van der Waals surface area contributed by atoms with Gasteiger partial charge in [-0.3, -0.25) is 24.1 Å². The molecule has 3 aliphatic carbocycles. The molecule has 11 heteroatoms. The van der Waals surface area contributed by atoms with Gasteiger partial charge in [0.15, 0.2) is 11.6 Å². The number of carbonyl (C=O) groups is 4. The third kappa shape index (κ3) is 4.37. The molecule has 1 fully saturated rings. The molecule has 7 nitrogen and oxygen atoms in total. The van der Waals surface area contributed by atoms with Crippen molar-refractivity contribution in [3.05, 3.63) is 87.5 Å². The molecule has 210 valence electrons. The molecular formula is C30H21ClF3NO6. The molecule has 0 unspecified atom stereocenters. The molecule has 1 aliphatic heterocycles. The fourth-order valence-corrected chi connectivity index (χ4v) is 6.67. The number of Topliss-reactive ketones (excluding diaryl/α,β-unsaturated/α-hetero) is 1. The van der Waals surface area contributed by atoms with Gasteiger partial charge < -0.3 is 9.84 Å². The predicted octanol–water partition coefficient (Wildman–Crippen LogP) is 5.58. The molecular weight excluding hydrogens is 563 g/mol. The van der Waals surface area contributed by atoms with Gasteiger partial charge in [0.25, 0.3) is 0 Å². The number of benzene rings is 2. The van der Waals surface area contributed by atoms with E-state index in [0.29, 0.717) is 16.3 Å².